The van der Waals surface area contributed by atoms with E-state index in [1.807, 2.05) is 29.2 Å². The minimum Gasteiger partial charge on any atom is -0.483 e. The molecule has 1 aromatic heterocycles. The Labute approximate surface area is 192 Å². The van der Waals surface area contributed by atoms with Crippen molar-refractivity contribution in [2.75, 3.05) is 32.7 Å². The Bertz CT molecular complexity index is 965. The van der Waals surface area contributed by atoms with Crippen molar-refractivity contribution in [1.29, 1.82) is 0 Å². The molecule has 0 saturated carbocycles. The van der Waals surface area contributed by atoms with Gasteiger partial charge in [0.05, 0.1) is 16.7 Å². The third kappa shape index (κ3) is 4.90. The lowest BCUT2D eigenvalue weighted by molar-refractivity contribution is -0.151. The molecule has 4 heterocycles. The second-order valence-electron chi connectivity index (χ2n) is 8.77. The number of nitrogens with zero attached hydrogens (tertiary/aromatic N) is 5. The van der Waals surface area contributed by atoms with Gasteiger partial charge in [0.25, 0.3) is 12.4 Å². The maximum Gasteiger partial charge on any atom is 0.312 e. The van der Waals surface area contributed by atoms with Crippen molar-refractivity contribution in [3.63, 3.8) is 0 Å². The van der Waals surface area contributed by atoms with Crippen LogP contribution in [0.4, 0.5) is 0 Å². The van der Waals surface area contributed by atoms with Gasteiger partial charge >= 0.3 is 5.97 Å². The average Bonchev–Trinajstić information content (AvgIpc) is 3.58. The molecule has 3 saturated heterocycles. The number of carboxylic acid groups (broad SMARTS) is 1. The highest BCUT2D eigenvalue weighted by atomic mass is 16.6. The summed E-state index contributed by atoms with van der Waals surface area (Å²) in [5, 5.41) is 11.1. The van der Waals surface area contributed by atoms with Crippen molar-refractivity contribution in [2.45, 2.75) is 38.2 Å². The molecule has 1 aromatic carbocycles. The van der Waals surface area contributed by atoms with Crippen LogP contribution in [0.25, 0.3) is 5.69 Å². The molecule has 1 unspecified atom stereocenters. The number of para-hydroxylation sites is 1. The first-order chi connectivity index (χ1) is 16.1. The molecule has 1 spiro atoms. The zero-order valence-electron chi connectivity index (χ0n) is 18.5. The van der Waals surface area contributed by atoms with Crippen molar-refractivity contribution in [2.24, 2.45) is 5.41 Å². The summed E-state index contributed by atoms with van der Waals surface area (Å²) in [6, 6.07) is 7.43. The van der Waals surface area contributed by atoms with E-state index in [4.69, 9.17) is 14.6 Å². The molecule has 1 amide bonds. The summed E-state index contributed by atoms with van der Waals surface area (Å²) in [7, 11) is 0. The Morgan fingerprint density at radius 3 is 2.55 bits per heavy atom. The van der Waals surface area contributed by atoms with Crippen molar-refractivity contribution >= 4 is 18.3 Å². The number of cyclic esters (lactones) is 1. The van der Waals surface area contributed by atoms with Gasteiger partial charge in [0.2, 0.25) is 0 Å². The van der Waals surface area contributed by atoms with Gasteiger partial charge in [0.15, 0.2) is 0 Å². The number of carbonyl (C=O) groups excluding carboxylic acids is 2. The summed E-state index contributed by atoms with van der Waals surface area (Å²) >= 11 is 0. The largest absolute Gasteiger partial charge is 0.483 e. The average molecular weight is 456 g/mol. The number of amides is 1. The highest BCUT2D eigenvalue weighted by molar-refractivity contribution is 5.98. The molecule has 0 bridgehead atoms. The maximum absolute atomic E-state index is 13.2. The topological polar surface area (TPSA) is 118 Å². The van der Waals surface area contributed by atoms with Crippen LogP contribution in [0.3, 0.4) is 0 Å². The lowest BCUT2D eigenvalue weighted by Crippen LogP contribution is -2.45. The van der Waals surface area contributed by atoms with Crippen LogP contribution in [0, 0.1) is 5.41 Å². The van der Waals surface area contributed by atoms with Gasteiger partial charge in [-0.2, -0.15) is 5.10 Å². The number of hydrogen-bond donors (Lipinski definition) is 1. The van der Waals surface area contributed by atoms with E-state index in [-0.39, 0.29) is 24.5 Å². The Morgan fingerprint density at radius 2 is 1.88 bits per heavy atom. The van der Waals surface area contributed by atoms with Gasteiger partial charge in [-0.05, 0) is 50.9 Å². The van der Waals surface area contributed by atoms with Crippen molar-refractivity contribution < 1.29 is 24.2 Å². The summed E-state index contributed by atoms with van der Waals surface area (Å²) in [5.41, 5.74) is 0.887. The summed E-state index contributed by atoms with van der Waals surface area (Å²) in [6.45, 7) is 3.94. The number of carbonyl (C=O) groups is 3. The zero-order chi connectivity index (χ0) is 23.3. The molecule has 33 heavy (non-hydrogen) atoms. The van der Waals surface area contributed by atoms with E-state index >= 15 is 0 Å². The van der Waals surface area contributed by atoms with Crippen LogP contribution in [0.5, 0.6) is 0 Å². The maximum atomic E-state index is 13.2. The molecule has 0 radical (unpaired) electrons. The van der Waals surface area contributed by atoms with Gasteiger partial charge in [-0.15, -0.1) is 0 Å². The summed E-state index contributed by atoms with van der Waals surface area (Å²) in [6.07, 6.45) is 7.62. The molecule has 2 aromatic rings. The first-order valence-electron chi connectivity index (χ1n) is 11.3. The molecular weight excluding hydrogens is 426 g/mol. The second kappa shape index (κ2) is 10.1. The smallest absolute Gasteiger partial charge is 0.312 e. The quantitative estimate of drug-likeness (QED) is 0.546. The summed E-state index contributed by atoms with van der Waals surface area (Å²) < 4.78 is 7.37. The summed E-state index contributed by atoms with van der Waals surface area (Å²) in [5.74, 6) is -0.0993. The standard InChI is InChI=1S/C22H27N5O3.CH2O2/c28-20(18-5-1-2-6-19(18)27-16-23-15-24-27)26-11-7-22(8-12-26)13-17(30-21(22)29)14-25-9-3-4-10-25;2-1-3/h1-2,5-6,15-17H,3-4,7-14H2;1H,(H,2,3). The zero-order valence-corrected chi connectivity index (χ0v) is 18.5. The van der Waals surface area contributed by atoms with Gasteiger partial charge in [-0.3, -0.25) is 19.3 Å². The molecule has 176 valence electrons. The third-order valence-corrected chi connectivity index (χ3v) is 6.79. The molecule has 3 aliphatic rings. The molecule has 3 fully saturated rings. The summed E-state index contributed by atoms with van der Waals surface area (Å²) in [4.78, 5) is 42.6. The van der Waals surface area contributed by atoms with Gasteiger partial charge in [0, 0.05) is 26.1 Å². The minimum atomic E-state index is -0.424. The van der Waals surface area contributed by atoms with Gasteiger partial charge in [-0.25, -0.2) is 9.67 Å². The van der Waals surface area contributed by atoms with E-state index in [1.54, 1.807) is 11.0 Å². The van der Waals surface area contributed by atoms with E-state index < -0.39 is 5.41 Å². The Morgan fingerprint density at radius 1 is 1.18 bits per heavy atom. The number of ether oxygens (including phenoxy) is 1. The third-order valence-electron chi connectivity index (χ3n) is 6.79. The number of rotatable bonds is 4. The molecule has 3 aliphatic heterocycles. The van der Waals surface area contributed by atoms with Crippen LogP contribution in [0.1, 0.15) is 42.5 Å². The molecule has 5 rings (SSSR count). The molecule has 10 nitrogen and oxygen atoms in total. The first kappa shape index (κ1) is 22.9. The Balaban J connectivity index is 0.000000821. The van der Waals surface area contributed by atoms with Crippen LogP contribution in [0.2, 0.25) is 0 Å². The number of likely N-dealkylation sites (tertiary alicyclic amines) is 2. The second-order valence-corrected chi connectivity index (χ2v) is 8.77. The Kier molecular flexibility index (Phi) is 7.02. The highest BCUT2D eigenvalue weighted by Crippen LogP contribution is 2.43. The van der Waals surface area contributed by atoms with Crippen LogP contribution >= 0.6 is 0 Å². The van der Waals surface area contributed by atoms with Gasteiger partial charge < -0.3 is 14.7 Å². The van der Waals surface area contributed by atoms with E-state index in [0.717, 1.165) is 26.1 Å². The fraction of sp³-hybridized carbons (Fsp3) is 0.522. The van der Waals surface area contributed by atoms with E-state index in [0.29, 0.717) is 37.2 Å². The molecule has 1 atom stereocenters. The molecular formula is C23H29N5O5. The van der Waals surface area contributed by atoms with Crippen LogP contribution < -0.4 is 0 Å². The molecule has 1 N–H and O–H groups in total. The van der Waals surface area contributed by atoms with E-state index in [1.165, 1.54) is 19.2 Å². The minimum absolute atomic E-state index is 0.00843. The van der Waals surface area contributed by atoms with Crippen molar-refractivity contribution in [3.8, 4) is 5.69 Å². The normalized spacial score (nSPS) is 22.0. The van der Waals surface area contributed by atoms with Crippen LogP contribution in [-0.2, 0) is 14.3 Å². The first-order valence-corrected chi connectivity index (χ1v) is 11.3. The number of esters is 1. The predicted molar refractivity (Wildman–Crippen MR) is 118 cm³/mol. The number of piperidine rings is 1. The lowest BCUT2D eigenvalue weighted by atomic mass is 9.76. The number of hydrogen-bond acceptors (Lipinski definition) is 7. The monoisotopic (exact) mass is 455 g/mol. The molecule has 0 aliphatic carbocycles. The van der Waals surface area contributed by atoms with Gasteiger partial charge in [0.1, 0.15) is 18.8 Å². The van der Waals surface area contributed by atoms with Crippen LogP contribution in [0.15, 0.2) is 36.9 Å². The fourth-order valence-electron chi connectivity index (χ4n) is 5.10. The highest BCUT2D eigenvalue weighted by Gasteiger charge is 2.51. The van der Waals surface area contributed by atoms with Crippen LogP contribution in [-0.4, -0.2) is 86.8 Å². The lowest BCUT2D eigenvalue weighted by Gasteiger charge is -2.36. The number of benzene rings is 1. The Hall–Kier alpha value is -3.27. The van der Waals surface area contributed by atoms with E-state index in [9.17, 15) is 9.59 Å². The van der Waals surface area contributed by atoms with Gasteiger partial charge in [-0.1, -0.05) is 12.1 Å². The van der Waals surface area contributed by atoms with E-state index in [2.05, 4.69) is 15.0 Å². The predicted octanol–water partition coefficient (Wildman–Crippen LogP) is 1.60. The molecule has 10 heteroatoms. The number of aromatic nitrogens is 3. The fourth-order valence-corrected chi connectivity index (χ4v) is 5.10. The SMILES string of the molecule is O=C(c1ccccc1-n1cncn1)N1CCC2(CC1)CC(CN1CCCC1)OC2=O.O=CO. The van der Waals surface area contributed by atoms with Crippen molar-refractivity contribution in [1.82, 2.24) is 24.6 Å². The van der Waals surface area contributed by atoms with Crippen molar-refractivity contribution in [3.05, 3.63) is 42.5 Å².